The van der Waals surface area contributed by atoms with Gasteiger partial charge in [-0.05, 0) is 18.4 Å². The second kappa shape index (κ2) is 8.90. The first-order valence-electron chi connectivity index (χ1n) is 8.57. The summed E-state index contributed by atoms with van der Waals surface area (Å²) in [6.07, 6.45) is 3.19. The van der Waals surface area contributed by atoms with Gasteiger partial charge in [-0.25, -0.2) is 9.97 Å². The fraction of sp³-hybridized carbons (Fsp3) is 0.353. The van der Waals surface area contributed by atoms with Gasteiger partial charge in [0.15, 0.2) is 0 Å². The van der Waals surface area contributed by atoms with Crippen molar-refractivity contribution in [3.8, 4) is 0 Å². The first-order valence-corrected chi connectivity index (χ1v) is 8.57. The van der Waals surface area contributed by atoms with E-state index < -0.39 is 4.92 Å². The lowest BCUT2D eigenvalue weighted by Gasteiger charge is -2.13. The Labute approximate surface area is 155 Å². The molecular weight excluding hydrogens is 352 g/mol. The molecule has 1 fully saturated rings. The second-order valence-corrected chi connectivity index (χ2v) is 6.03. The van der Waals surface area contributed by atoms with E-state index in [1.54, 1.807) is 0 Å². The number of aromatic nitrogens is 2. The zero-order valence-corrected chi connectivity index (χ0v) is 14.6. The fourth-order valence-corrected chi connectivity index (χ4v) is 2.74. The number of nitro groups is 1. The van der Waals surface area contributed by atoms with E-state index >= 15 is 0 Å². The molecule has 1 saturated heterocycles. The van der Waals surface area contributed by atoms with Gasteiger partial charge in [-0.15, -0.1) is 0 Å². The fourth-order valence-electron chi connectivity index (χ4n) is 2.74. The predicted molar refractivity (Wildman–Crippen MR) is 98.1 cm³/mol. The van der Waals surface area contributed by atoms with Crippen molar-refractivity contribution in [2.24, 2.45) is 0 Å². The average molecular weight is 372 g/mol. The lowest BCUT2D eigenvalue weighted by molar-refractivity contribution is -0.383. The van der Waals surface area contributed by atoms with Gasteiger partial charge in [0.1, 0.15) is 6.33 Å². The number of carbonyl (C=O) groups excluding carboxylic acids is 1. The zero-order chi connectivity index (χ0) is 19.1. The smallest absolute Gasteiger partial charge is 0.354 e. The minimum absolute atomic E-state index is 0.00144. The second-order valence-electron chi connectivity index (χ2n) is 6.03. The summed E-state index contributed by atoms with van der Waals surface area (Å²) in [6.45, 7) is 1.11. The molecule has 3 rings (SSSR count). The summed E-state index contributed by atoms with van der Waals surface area (Å²) in [7, 11) is 0. The molecule has 3 N–H and O–H groups in total. The lowest BCUT2D eigenvalue weighted by Crippen LogP contribution is -2.31. The molecule has 0 bridgehead atoms. The van der Waals surface area contributed by atoms with Gasteiger partial charge in [0.2, 0.25) is 17.5 Å². The molecule has 142 valence electrons. The average Bonchev–Trinajstić information content (AvgIpc) is 3.19. The number of rotatable bonds is 8. The van der Waals surface area contributed by atoms with Gasteiger partial charge in [-0.3, -0.25) is 25.8 Å². The minimum atomic E-state index is -0.594. The Kier molecular flexibility index (Phi) is 6.10. The summed E-state index contributed by atoms with van der Waals surface area (Å²) in [5.74, 6) is -0.362. The Bertz CT molecular complexity index is 795. The van der Waals surface area contributed by atoms with Crippen LogP contribution < -0.4 is 16.2 Å². The minimum Gasteiger partial charge on any atom is -0.376 e. The molecule has 0 radical (unpaired) electrons. The zero-order valence-electron chi connectivity index (χ0n) is 14.6. The van der Waals surface area contributed by atoms with Crippen LogP contribution in [0.4, 0.5) is 17.3 Å². The highest BCUT2D eigenvalue weighted by atomic mass is 16.6. The molecule has 0 aliphatic carbocycles. The maximum absolute atomic E-state index is 12.0. The van der Waals surface area contributed by atoms with Crippen molar-refractivity contribution < 1.29 is 14.5 Å². The van der Waals surface area contributed by atoms with Crippen molar-refractivity contribution in [2.45, 2.75) is 25.4 Å². The lowest BCUT2D eigenvalue weighted by atomic mass is 10.1. The number of amides is 1. The first kappa shape index (κ1) is 18.5. The predicted octanol–water partition coefficient (Wildman–Crippen LogP) is 1.66. The number of hydrogen-bond donors (Lipinski definition) is 3. The van der Waals surface area contributed by atoms with E-state index in [1.807, 2.05) is 30.3 Å². The number of hydrazine groups is 1. The molecule has 2 aromatic rings. The number of anilines is 2. The van der Waals surface area contributed by atoms with Crippen molar-refractivity contribution in [1.82, 2.24) is 15.4 Å². The highest BCUT2D eigenvalue weighted by molar-refractivity contribution is 5.80. The molecule has 1 aliphatic heterocycles. The SMILES string of the molecule is O=C(Cc1ccccc1)NNc1ncnc(NCC2CCCO2)c1[N+](=O)[O-]. The van der Waals surface area contributed by atoms with E-state index in [2.05, 4.69) is 26.1 Å². The molecule has 1 aromatic carbocycles. The van der Waals surface area contributed by atoms with Crippen LogP contribution >= 0.6 is 0 Å². The normalized spacial score (nSPS) is 15.9. The number of nitrogens with zero attached hydrogens (tertiary/aromatic N) is 3. The van der Waals surface area contributed by atoms with Crippen LogP contribution in [0.15, 0.2) is 36.7 Å². The maximum Gasteiger partial charge on any atom is 0.354 e. The molecular formula is C17H20N6O4. The Morgan fingerprint density at radius 2 is 2.04 bits per heavy atom. The molecule has 10 heteroatoms. The van der Waals surface area contributed by atoms with Gasteiger partial charge < -0.3 is 10.1 Å². The van der Waals surface area contributed by atoms with Gasteiger partial charge in [0.05, 0.1) is 17.4 Å². The van der Waals surface area contributed by atoms with E-state index in [0.717, 1.165) is 18.4 Å². The van der Waals surface area contributed by atoms with Crippen LogP contribution in [0.1, 0.15) is 18.4 Å². The molecule has 27 heavy (non-hydrogen) atoms. The molecule has 1 aliphatic rings. The van der Waals surface area contributed by atoms with Crippen LogP contribution in [0.2, 0.25) is 0 Å². The van der Waals surface area contributed by atoms with E-state index in [-0.39, 0.29) is 35.8 Å². The van der Waals surface area contributed by atoms with Crippen molar-refractivity contribution >= 4 is 23.2 Å². The van der Waals surface area contributed by atoms with Crippen LogP contribution in [0.25, 0.3) is 0 Å². The highest BCUT2D eigenvalue weighted by Crippen LogP contribution is 2.28. The van der Waals surface area contributed by atoms with Crippen LogP contribution in [-0.2, 0) is 16.0 Å². The first-order chi connectivity index (χ1) is 13.1. The molecule has 1 unspecified atom stereocenters. The van der Waals surface area contributed by atoms with E-state index in [4.69, 9.17) is 4.74 Å². The van der Waals surface area contributed by atoms with Crippen molar-refractivity contribution in [1.29, 1.82) is 0 Å². The summed E-state index contributed by atoms with van der Waals surface area (Å²) in [4.78, 5) is 30.7. The Balaban J connectivity index is 1.64. The molecule has 1 amide bonds. The summed E-state index contributed by atoms with van der Waals surface area (Å²) in [6, 6.07) is 9.16. The van der Waals surface area contributed by atoms with Gasteiger partial charge >= 0.3 is 5.69 Å². The van der Waals surface area contributed by atoms with Crippen LogP contribution in [0.3, 0.4) is 0 Å². The summed E-state index contributed by atoms with van der Waals surface area (Å²) < 4.78 is 5.49. The maximum atomic E-state index is 12.0. The summed E-state index contributed by atoms with van der Waals surface area (Å²) in [5, 5.41) is 14.4. The van der Waals surface area contributed by atoms with Gasteiger partial charge in [0, 0.05) is 13.2 Å². The number of ether oxygens (including phenoxy) is 1. The highest BCUT2D eigenvalue weighted by Gasteiger charge is 2.24. The molecule has 1 atom stereocenters. The topological polar surface area (TPSA) is 131 Å². The number of hydrogen-bond acceptors (Lipinski definition) is 8. The van der Waals surface area contributed by atoms with E-state index in [0.29, 0.717) is 13.2 Å². The standard InChI is InChI=1S/C17H20N6O4/c24-14(9-12-5-2-1-3-6-12)21-22-17-15(23(25)26)16(19-11-20-17)18-10-13-7-4-8-27-13/h1-3,5-6,11,13H,4,7-10H2,(H,21,24)(H2,18,19,20,22). The Morgan fingerprint density at radius 1 is 1.26 bits per heavy atom. The van der Waals surface area contributed by atoms with E-state index in [1.165, 1.54) is 6.33 Å². The largest absolute Gasteiger partial charge is 0.376 e. The Morgan fingerprint density at radius 3 is 2.74 bits per heavy atom. The monoisotopic (exact) mass is 372 g/mol. The van der Waals surface area contributed by atoms with Crippen LogP contribution in [-0.4, -0.2) is 40.1 Å². The van der Waals surface area contributed by atoms with Crippen LogP contribution in [0, 0.1) is 10.1 Å². The number of nitrogens with one attached hydrogen (secondary N) is 3. The quantitative estimate of drug-likeness (QED) is 0.471. The van der Waals surface area contributed by atoms with Gasteiger partial charge in [0.25, 0.3) is 0 Å². The number of benzene rings is 1. The van der Waals surface area contributed by atoms with Crippen molar-refractivity contribution in [3.05, 3.63) is 52.3 Å². The third-order valence-corrected chi connectivity index (χ3v) is 4.05. The van der Waals surface area contributed by atoms with Gasteiger partial charge in [-0.1, -0.05) is 30.3 Å². The molecule has 2 heterocycles. The van der Waals surface area contributed by atoms with Gasteiger partial charge in [-0.2, -0.15) is 0 Å². The Hall–Kier alpha value is -3.27. The molecule has 10 nitrogen and oxygen atoms in total. The summed E-state index contributed by atoms with van der Waals surface area (Å²) in [5.41, 5.74) is 5.44. The molecule has 0 saturated carbocycles. The molecule has 1 aromatic heterocycles. The van der Waals surface area contributed by atoms with Crippen molar-refractivity contribution in [2.75, 3.05) is 23.9 Å². The number of carbonyl (C=O) groups is 1. The third-order valence-electron chi connectivity index (χ3n) is 4.05. The summed E-state index contributed by atoms with van der Waals surface area (Å²) >= 11 is 0. The van der Waals surface area contributed by atoms with E-state index in [9.17, 15) is 14.9 Å². The van der Waals surface area contributed by atoms with Crippen molar-refractivity contribution in [3.63, 3.8) is 0 Å². The molecule has 0 spiro atoms. The van der Waals surface area contributed by atoms with Crippen LogP contribution in [0.5, 0.6) is 0 Å². The third kappa shape index (κ3) is 5.11.